The molecular formula is C14H11NO5. The highest BCUT2D eigenvalue weighted by molar-refractivity contribution is 5.72. The molecule has 0 unspecified atom stereocenters. The van der Waals surface area contributed by atoms with Gasteiger partial charge in [0.2, 0.25) is 0 Å². The summed E-state index contributed by atoms with van der Waals surface area (Å²) in [5.74, 6) is -0.565. The molecule has 0 amide bonds. The Morgan fingerprint density at radius 3 is 2.10 bits per heavy atom. The molecule has 0 aliphatic carbocycles. The Bertz CT molecular complexity index is 674. The van der Waals surface area contributed by atoms with Gasteiger partial charge in [0.25, 0.3) is 0 Å². The second-order valence-corrected chi connectivity index (χ2v) is 4.12. The zero-order valence-corrected chi connectivity index (χ0v) is 10.2. The zero-order chi connectivity index (χ0) is 14.7. The van der Waals surface area contributed by atoms with E-state index in [1.165, 1.54) is 36.4 Å². The number of hydrogen-bond acceptors (Lipinski definition) is 5. The van der Waals surface area contributed by atoms with Crippen molar-refractivity contribution in [2.45, 2.75) is 0 Å². The Kier molecular flexibility index (Phi) is 3.56. The third-order valence-electron chi connectivity index (χ3n) is 2.59. The fraction of sp³-hybridized carbons (Fsp3) is 0. The maximum atomic E-state index is 10.7. The summed E-state index contributed by atoms with van der Waals surface area (Å²) in [6.07, 6.45) is 3.15. The van der Waals surface area contributed by atoms with E-state index in [0.29, 0.717) is 11.1 Å². The summed E-state index contributed by atoms with van der Waals surface area (Å²) < 4.78 is 0. The monoisotopic (exact) mass is 273 g/mol. The van der Waals surface area contributed by atoms with E-state index in [1.807, 2.05) is 0 Å². The van der Waals surface area contributed by atoms with Gasteiger partial charge < -0.3 is 15.3 Å². The van der Waals surface area contributed by atoms with Crippen molar-refractivity contribution in [2.24, 2.45) is 0 Å². The van der Waals surface area contributed by atoms with Crippen molar-refractivity contribution < 1.29 is 20.2 Å². The quantitative estimate of drug-likeness (QED) is 0.453. The van der Waals surface area contributed by atoms with Gasteiger partial charge in [-0.3, -0.25) is 10.1 Å². The number of aromatic hydroxyl groups is 3. The number of rotatable bonds is 3. The average Bonchev–Trinajstić information content (AvgIpc) is 2.36. The second kappa shape index (κ2) is 5.31. The van der Waals surface area contributed by atoms with Gasteiger partial charge in [-0.25, -0.2) is 0 Å². The SMILES string of the molecule is O=[N+]([O-])c1cc(/C=C/c2cc(O)cc(O)c2)ccc1O. The summed E-state index contributed by atoms with van der Waals surface area (Å²) >= 11 is 0. The number of benzene rings is 2. The van der Waals surface area contributed by atoms with E-state index in [2.05, 4.69) is 0 Å². The lowest BCUT2D eigenvalue weighted by molar-refractivity contribution is -0.385. The van der Waals surface area contributed by atoms with Gasteiger partial charge in [-0.05, 0) is 29.3 Å². The number of nitro benzene ring substituents is 1. The molecule has 0 aliphatic heterocycles. The Hall–Kier alpha value is -3.02. The van der Waals surface area contributed by atoms with Crippen molar-refractivity contribution in [1.29, 1.82) is 0 Å². The summed E-state index contributed by atoms with van der Waals surface area (Å²) in [4.78, 5) is 10.0. The lowest BCUT2D eigenvalue weighted by Crippen LogP contribution is -1.88. The molecule has 0 heterocycles. The lowest BCUT2D eigenvalue weighted by Gasteiger charge is -1.99. The van der Waals surface area contributed by atoms with Crippen molar-refractivity contribution in [3.05, 3.63) is 57.6 Å². The summed E-state index contributed by atoms with van der Waals surface area (Å²) in [6, 6.07) is 8.05. The molecule has 0 aromatic heterocycles. The minimum absolute atomic E-state index is 0.0821. The standard InChI is InChI=1S/C14H11NO5/c16-11-5-10(6-12(17)8-11)2-1-9-3-4-14(18)13(7-9)15(19)20/h1-8,16-18H/b2-1+. The molecule has 20 heavy (non-hydrogen) atoms. The first-order valence-electron chi connectivity index (χ1n) is 5.64. The van der Waals surface area contributed by atoms with E-state index < -0.39 is 10.7 Å². The zero-order valence-electron chi connectivity index (χ0n) is 10.2. The molecule has 0 atom stereocenters. The normalized spacial score (nSPS) is 10.8. The van der Waals surface area contributed by atoms with Crippen LogP contribution in [0.3, 0.4) is 0 Å². The van der Waals surface area contributed by atoms with Gasteiger partial charge in [-0.15, -0.1) is 0 Å². The van der Waals surface area contributed by atoms with Crippen molar-refractivity contribution in [3.63, 3.8) is 0 Å². The molecule has 102 valence electrons. The number of phenols is 3. The van der Waals surface area contributed by atoms with Crippen LogP contribution in [0.1, 0.15) is 11.1 Å². The minimum Gasteiger partial charge on any atom is -0.508 e. The van der Waals surface area contributed by atoms with E-state index >= 15 is 0 Å². The van der Waals surface area contributed by atoms with E-state index in [9.17, 15) is 25.4 Å². The average molecular weight is 273 g/mol. The van der Waals surface area contributed by atoms with Crippen LogP contribution in [0.25, 0.3) is 12.2 Å². The van der Waals surface area contributed by atoms with Crippen LogP contribution in [-0.2, 0) is 0 Å². The van der Waals surface area contributed by atoms with E-state index in [-0.39, 0.29) is 17.2 Å². The highest BCUT2D eigenvalue weighted by atomic mass is 16.6. The largest absolute Gasteiger partial charge is 0.508 e. The van der Waals surface area contributed by atoms with Gasteiger partial charge in [0.05, 0.1) is 4.92 Å². The molecule has 2 rings (SSSR count). The Morgan fingerprint density at radius 2 is 1.50 bits per heavy atom. The van der Waals surface area contributed by atoms with Gasteiger partial charge in [0, 0.05) is 12.1 Å². The fourth-order valence-corrected chi connectivity index (χ4v) is 1.70. The first-order valence-corrected chi connectivity index (χ1v) is 5.64. The predicted octanol–water partition coefficient (Wildman–Crippen LogP) is 2.88. The van der Waals surface area contributed by atoms with Gasteiger partial charge in [0.1, 0.15) is 11.5 Å². The van der Waals surface area contributed by atoms with Crippen LogP contribution in [0.4, 0.5) is 5.69 Å². The number of nitrogens with zero attached hydrogens (tertiary/aromatic N) is 1. The Balaban J connectivity index is 2.31. The first kappa shape index (κ1) is 13.4. The Morgan fingerprint density at radius 1 is 0.900 bits per heavy atom. The van der Waals surface area contributed by atoms with Crippen LogP contribution in [0, 0.1) is 10.1 Å². The highest BCUT2D eigenvalue weighted by Gasteiger charge is 2.12. The van der Waals surface area contributed by atoms with Crippen LogP contribution in [-0.4, -0.2) is 20.2 Å². The number of nitro groups is 1. The van der Waals surface area contributed by atoms with Crippen LogP contribution < -0.4 is 0 Å². The topological polar surface area (TPSA) is 104 Å². The molecule has 0 bridgehead atoms. The third-order valence-corrected chi connectivity index (χ3v) is 2.59. The predicted molar refractivity (Wildman–Crippen MR) is 73.5 cm³/mol. The van der Waals surface area contributed by atoms with Crippen LogP contribution in [0.2, 0.25) is 0 Å². The minimum atomic E-state index is -0.674. The maximum Gasteiger partial charge on any atom is 0.311 e. The molecule has 6 nitrogen and oxygen atoms in total. The molecule has 0 spiro atoms. The van der Waals surface area contributed by atoms with Crippen LogP contribution in [0.15, 0.2) is 36.4 Å². The summed E-state index contributed by atoms with van der Waals surface area (Å²) in [5, 5.41) is 38.7. The molecule has 0 aliphatic rings. The maximum absolute atomic E-state index is 10.7. The Labute approximate surface area is 114 Å². The van der Waals surface area contributed by atoms with Crippen LogP contribution >= 0.6 is 0 Å². The van der Waals surface area contributed by atoms with Gasteiger partial charge in [-0.1, -0.05) is 18.2 Å². The fourth-order valence-electron chi connectivity index (χ4n) is 1.70. The molecular weight excluding hydrogens is 262 g/mol. The summed E-state index contributed by atoms with van der Waals surface area (Å²) in [6.45, 7) is 0. The first-order chi connectivity index (χ1) is 9.45. The molecule has 3 N–H and O–H groups in total. The number of hydrogen-bond donors (Lipinski definition) is 3. The van der Waals surface area contributed by atoms with Gasteiger partial charge >= 0.3 is 5.69 Å². The highest BCUT2D eigenvalue weighted by Crippen LogP contribution is 2.27. The molecule has 2 aromatic rings. The van der Waals surface area contributed by atoms with Crippen molar-refractivity contribution in [1.82, 2.24) is 0 Å². The van der Waals surface area contributed by atoms with Crippen molar-refractivity contribution in [3.8, 4) is 17.2 Å². The van der Waals surface area contributed by atoms with E-state index in [4.69, 9.17) is 0 Å². The lowest BCUT2D eigenvalue weighted by atomic mass is 10.1. The van der Waals surface area contributed by atoms with Crippen molar-refractivity contribution >= 4 is 17.8 Å². The molecule has 0 saturated heterocycles. The molecule has 0 saturated carbocycles. The summed E-state index contributed by atoms with van der Waals surface area (Å²) in [7, 11) is 0. The number of phenolic OH excluding ortho intramolecular Hbond substituents is 3. The second-order valence-electron chi connectivity index (χ2n) is 4.12. The van der Waals surface area contributed by atoms with Crippen LogP contribution in [0.5, 0.6) is 17.2 Å². The van der Waals surface area contributed by atoms with Gasteiger partial charge in [-0.2, -0.15) is 0 Å². The molecule has 6 heteroatoms. The third kappa shape index (κ3) is 3.05. The van der Waals surface area contributed by atoms with E-state index in [1.54, 1.807) is 12.2 Å². The van der Waals surface area contributed by atoms with E-state index in [0.717, 1.165) is 0 Å². The van der Waals surface area contributed by atoms with Crippen molar-refractivity contribution in [2.75, 3.05) is 0 Å². The smallest absolute Gasteiger partial charge is 0.311 e. The summed E-state index contributed by atoms with van der Waals surface area (Å²) in [5.41, 5.74) is 0.668. The molecule has 2 aromatic carbocycles. The molecule has 0 radical (unpaired) electrons. The van der Waals surface area contributed by atoms with Gasteiger partial charge in [0.15, 0.2) is 5.75 Å². The molecule has 0 fully saturated rings.